The van der Waals surface area contributed by atoms with Crippen LogP contribution in [-0.2, 0) is 0 Å². The van der Waals surface area contributed by atoms with Gasteiger partial charge in [0, 0.05) is 12.1 Å². The van der Waals surface area contributed by atoms with E-state index >= 15 is 0 Å². The van der Waals surface area contributed by atoms with Crippen LogP contribution in [0.2, 0.25) is 0 Å². The predicted molar refractivity (Wildman–Crippen MR) is 59.3 cm³/mol. The maximum Gasteiger partial charge on any atom is 0.0534 e. The molecule has 0 atom stereocenters. The van der Waals surface area contributed by atoms with Gasteiger partial charge in [0.2, 0.25) is 0 Å². The largest absolute Gasteiger partial charge is 0.846 e. The zero-order valence-electron chi connectivity index (χ0n) is 10.5. The van der Waals surface area contributed by atoms with Crippen molar-refractivity contribution in [1.82, 2.24) is 4.90 Å². The molecule has 3 heteroatoms. The number of aliphatic imine (C=N–C) groups is 1. The van der Waals surface area contributed by atoms with Crippen molar-refractivity contribution in [3.63, 3.8) is 0 Å². The summed E-state index contributed by atoms with van der Waals surface area (Å²) in [4.78, 5) is 5.94. The normalized spacial score (nSPS) is 13.9. The summed E-state index contributed by atoms with van der Waals surface area (Å²) in [6, 6.07) is 0.296. The quantitative estimate of drug-likeness (QED) is 0.501. The van der Waals surface area contributed by atoms with Gasteiger partial charge >= 0.3 is 0 Å². The van der Waals surface area contributed by atoms with Crippen molar-refractivity contribution in [2.75, 3.05) is 0 Å². The van der Waals surface area contributed by atoms with Crippen LogP contribution in [0.15, 0.2) is 4.99 Å². The topological polar surface area (TPSA) is 38.7 Å². The molecule has 0 unspecified atom stereocenters. The Kier molecular flexibility index (Phi) is 4.43. The van der Waals surface area contributed by atoms with Gasteiger partial charge in [0.1, 0.15) is 0 Å². The van der Waals surface area contributed by atoms with Crippen molar-refractivity contribution in [2.45, 2.75) is 66.1 Å². The highest BCUT2D eigenvalue weighted by Crippen LogP contribution is 2.10. The Morgan fingerprint density at radius 1 is 1.07 bits per heavy atom. The van der Waals surface area contributed by atoms with Gasteiger partial charge in [-0.15, -0.1) is 0 Å². The summed E-state index contributed by atoms with van der Waals surface area (Å²) in [7, 11) is 0. The lowest BCUT2D eigenvalue weighted by Gasteiger charge is -2.38. The van der Waals surface area contributed by atoms with Gasteiger partial charge in [-0.25, -0.2) is 0 Å². The SMILES string of the molecule is CC(C)N(C([O-])=NC(C)(C)C)C(C)C. The molecule has 0 rings (SSSR count). The van der Waals surface area contributed by atoms with Crippen LogP contribution >= 0.6 is 0 Å². The molecular formula is C11H23N2O-. The zero-order chi connectivity index (χ0) is 11.5. The van der Waals surface area contributed by atoms with E-state index in [0.29, 0.717) is 0 Å². The molecule has 0 amide bonds. The second kappa shape index (κ2) is 4.67. The summed E-state index contributed by atoms with van der Waals surface area (Å²) in [5.41, 5.74) is -0.293. The van der Waals surface area contributed by atoms with Crippen molar-refractivity contribution in [3.8, 4) is 0 Å². The van der Waals surface area contributed by atoms with Gasteiger partial charge in [0.25, 0.3) is 0 Å². The standard InChI is InChI=1S/C11H24N2O/c1-8(2)13(9(3)4)10(14)12-11(5,6)7/h8-9H,1-7H3,(H,12,14)/p-1. The van der Waals surface area contributed by atoms with Crippen LogP contribution < -0.4 is 5.11 Å². The van der Waals surface area contributed by atoms with E-state index in [-0.39, 0.29) is 23.6 Å². The van der Waals surface area contributed by atoms with Crippen LogP contribution in [0, 0.1) is 0 Å². The average Bonchev–Trinajstić information content (AvgIpc) is 1.78. The van der Waals surface area contributed by atoms with E-state index < -0.39 is 0 Å². The molecule has 14 heavy (non-hydrogen) atoms. The highest BCUT2D eigenvalue weighted by atomic mass is 16.3. The molecule has 0 saturated heterocycles. The highest BCUT2D eigenvalue weighted by Gasteiger charge is 2.14. The first kappa shape index (κ1) is 13.3. The van der Waals surface area contributed by atoms with E-state index in [1.807, 2.05) is 48.5 Å². The lowest BCUT2D eigenvalue weighted by Crippen LogP contribution is -2.49. The van der Waals surface area contributed by atoms with Gasteiger partial charge < -0.3 is 10.0 Å². The van der Waals surface area contributed by atoms with Crippen molar-refractivity contribution >= 4 is 6.02 Å². The molecule has 0 spiro atoms. The summed E-state index contributed by atoms with van der Waals surface area (Å²) < 4.78 is 0. The van der Waals surface area contributed by atoms with E-state index in [4.69, 9.17) is 0 Å². The minimum atomic E-state index is -0.293. The van der Waals surface area contributed by atoms with Crippen molar-refractivity contribution < 1.29 is 5.11 Å². The van der Waals surface area contributed by atoms with Gasteiger partial charge in [0.05, 0.1) is 11.6 Å². The molecule has 0 N–H and O–H groups in total. The Bertz CT molecular complexity index is 194. The number of nitrogens with zero attached hydrogens (tertiary/aromatic N) is 2. The van der Waals surface area contributed by atoms with Gasteiger partial charge in [0.15, 0.2) is 0 Å². The molecular weight excluding hydrogens is 176 g/mol. The van der Waals surface area contributed by atoms with Crippen LogP contribution in [0.5, 0.6) is 0 Å². The number of rotatable bonds is 2. The zero-order valence-corrected chi connectivity index (χ0v) is 10.5. The maximum absolute atomic E-state index is 11.8. The second-order valence-electron chi connectivity index (χ2n) is 5.16. The number of hydrogen-bond acceptors (Lipinski definition) is 2. The van der Waals surface area contributed by atoms with Crippen LogP contribution in [-0.4, -0.2) is 28.5 Å². The molecule has 0 aliphatic carbocycles. The molecule has 0 aliphatic rings. The first-order valence-corrected chi connectivity index (χ1v) is 5.20. The summed E-state index contributed by atoms with van der Waals surface area (Å²) >= 11 is 0. The fourth-order valence-corrected chi connectivity index (χ4v) is 1.38. The monoisotopic (exact) mass is 199 g/mol. The van der Waals surface area contributed by atoms with Crippen LogP contribution in [0.1, 0.15) is 48.5 Å². The summed E-state index contributed by atoms with van der Waals surface area (Å²) in [6.07, 6.45) is 0. The predicted octanol–water partition coefficient (Wildman–Crippen LogP) is 1.62. The maximum atomic E-state index is 11.8. The minimum Gasteiger partial charge on any atom is -0.846 e. The third-order valence-corrected chi connectivity index (χ3v) is 1.76. The van der Waals surface area contributed by atoms with Gasteiger partial charge in [-0.3, -0.25) is 4.99 Å². The molecule has 0 heterocycles. The lowest BCUT2D eigenvalue weighted by molar-refractivity contribution is -0.239. The lowest BCUT2D eigenvalue weighted by atomic mass is 10.1. The molecule has 0 aromatic carbocycles. The molecule has 0 aliphatic heterocycles. The van der Waals surface area contributed by atoms with Gasteiger partial charge in [-0.1, -0.05) is 0 Å². The Labute approximate surface area is 87.8 Å². The van der Waals surface area contributed by atoms with Crippen molar-refractivity contribution in [3.05, 3.63) is 0 Å². The third kappa shape index (κ3) is 4.49. The number of hydrogen-bond donors (Lipinski definition) is 0. The van der Waals surface area contributed by atoms with Crippen LogP contribution in [0.3, 0.4) is 0 Å². The van der Waals surface area contributed by atoms with Crippen molar-refractivity contribution in [1.29, 1.82) is 0 Å². The van der Waals surface area contributed by atoms with Crippen LogP contribution in [0.25, 0.3) is 0 Å². The van der Waals surface area contributed by atoms with E-state index in [0.717, 1.165) is 0 Å². The molecule has 0 radical (unpaired) electrons. The van der Waals surface area contributed by atoms with E-state index in [1.165, 1.54) is 0 Å². The smallest absolute Gasteiger partial charge is 0.0534 e. The molecule has 3 nitrogen and oxygen atoms in total. The van der Waals surface area contributed by atoms with E-state index in [2.05, 4.69) is 4.99 Å². The van der Waals surface area contributed by atoms with Crippen molar-refractivity contribution in [2.24, 2.45) is 4.99 Å². The Hall–Kier alpha value is -0.730. The first-order chi connectivity index (χ1) is 6.15. The average molecular weight is 199 g/mol. The van der Waals surface area contributed by atoms with Crippen LogP contribution in [0.4, 0.5) is 0 Å². The summed E-state index contributed by atoms with van der Waals surface area (Å²) in [5, 5.41) is 11.8. The van der Waals surface area contributed by atoms with Gasteiger partial charge in [-0.2, -0.15) is 0 Å². The summed E-state index contributed by atoms with van der Waals surface area (Å²) in [6.45, 7) is 13.8. The molecule has 0 aromatic heterocycles. The molecule has 0 saturated carbocycles. The number of amidine groups is 1. The third-order valence-electron chi connectivity index (χ3n) is 1.76. The Balaban J connectivity index is 4.77. The fraction of sp³-hybridized carbons (Fsp3) is 0.909. The van der Waals surface area contributed by atoms with E-state index in [1.54, 1.807) is 4.90 Å². The van der Waals surface area contributed by atoms with Gasteiger partial charge in [-0.05, 0) is 48.5 Å². The Morgan fingerprint density at radius 2 is 1.43 bits per heavy atom. The molecule has 84 valence electrons. The molecule has 0 fully saturated rings. The first-order valence-electron chi connectivity index (χ1n) is 5.20. The minimum absolute atomic E-state index is 0.109. The second-order valence-corrected chi connectivity index (χ2v) is 5.16. The fourth-order valence-electron chi connectivity index (χ4n) is 1.38. The summed E-state index contributed by atoms with van der Waals surface area (Å²) in [5.74, 6) is 0. The molecule has 0 bridgehead atoms. The Morgan fingerprint density at radius 3 is 1.64 bits per heavy atom. The highest BCUT2D eigenvalue weighted by molar-refractivity contribution is 5.70. The molecule has 0 aromatic rings. The van der Waals surface area contributed by atoms with E-state index in [9.17, 15) is 5.11 Å².